The van der Waals surface area contributed by atoms with E-state index in [0.717, 1.165) is 13.2 Å². The lowest BCUT2D eigenvalue weighted by Crippen LogP contribution is -2.24. The monoisotopic (exact) mass is 365 g/mol. The maximum absolute atomic E-state index is 12.0. The Balaban J connectivity index is 3.12. The van der Waals surface area contributed by atoms with Crippen LogP contribution in [0.1, 0.15) is 20.7 Å². The highest BCUT2D eigenvalue weighted by atomic mass is 16.6. The Kier molecular flexibility index (Phi) is 4.51. The maximum Gasteiger partial charge on any atom is 0.342 e. The number of non-ortho nitro benzene ring substituents is 1. The fourth-order valence-corrected chi connectivity index (χ4v) is 2.36. The number of aromatic amines is 1. The fourth-order valence-electron chi connectivity index (χ4n) is 2.36. The van der Waals surface area contributed by atoms with Crippen molar-refractivity contribution < 1.29 is 34.6 Å². The number of benzene rings is 1. The minimum atomic E-state index is -1.83. The van der Waals surface area contributed by atoms with Gasteiger partial charge in [-0.05, 0) is 0 Å². The molecule has 0 saturated carbocycles. The fraction of sp³-hybridized carbons (Fsp3) is 0.0714. The molecule has 0 amide bonds. The number of nitro groups is 1. The van der Waals surface area contributed by atoms with Gasteiger partial charge in [0.25, 0.3) is 11.2 Å². The lowest BCUT2D eigenvalue weighted by Gasteiger charge is -2.14. The van der Waals surface area contributed by atoms with Crippen molar-refractivity contribution in [2.75, 3.05) is 12.8 Å². The number of ether oxygens (including phenoxy) is 1. The molecule has 0 aliphatic carbocycles. The molecule has 0 spiro atoms. The summed E-state index contributed by atoms with van der Waals surface area (Å²) in [7, 11) is 1.07. The lowest BCUT2D eigenvalue weighted by molar-refractivity contribution is -0.384. The summed E-state index contributed by atoms with van der Waals surface area (Å²) in [5.41, 5.74) is 0.282. The molecule has 1 aromatic carbocycles. The standard InChI is InChI=1S/C14H11N3O9/c1-26-6-3-4(17(24)25)2-5(10(6)18)7-8(13(20)21)11(15)16-12(19)9(7)14(22)23/h2-3,18H,1H3,(H,20,21)(H,22,23)(H3,15,16,19). The zero-order valence-electron chi connectivity index (χ0n) is 13.0. The Hall–Kier alpha value is -4.09. The number of carboxylic acids is 2. The zero-order valence-corrected chi connectivity index (χ0v) is 13.0. The maximum atomic E-state index is 12.0. The van der Waals surface area contributed by atoms with E-state index in [4.69, 9.17) is 10.5 Å². The van der Waals surface area contributed by atoms with Crippen molar-refractivity contribution in [1.29, 1.82) is 0 Å². The number of nitro benzene ring substituents is 1. The SMILES string of the molecule is COc1cc([N+](=O)[O-])cc(-c2c(C(=O)O)c(N)[nH]c(=O)c2C(=O)O)c1O. The molecule has 0 fully saturated rings. The van der Waals surface area contributed by atoms with Gasteiger partial charge in [-0.3, -0.25) is 14.9 Å². The number of nitrogens with two attached hydrogens (primary N) is 1. The van der Waals surface area contributed by atoms with E-state index < -0.39 is 67.7 Å². The molecule has 136 valence electrons. The largest absolute Gasteiger partial charge is 0.504 e. The van der Waals surface area contributed by atoms with Gasteiger partial charge in [-0.1, -0.05) is 0 Å². The highest BCUT2D eigenvalue weighted by Gasteiger charge is 2.30. The Morgan fingerprint density at radius 1 is 1.23 bits per heavy atom. The van der Waals surface area contributed by atoms with Crippen LogP contribution in [0.15, 0.2) is 16.9 Å². The van der Waals surface area contributed by atoms with E-state index in [2.05, 4.69) is 0 Å². The molecule has 0 aliphatic heterocycles. The highest BCUT2D eigenvalue weighted by molar-refractivity contribution is 6.08. The van der Waals surface area contributed by atoms with Crippen LogP contribution in [-0.4, -0.2) is 44.3 Å². The first-order chi connectivity index (χ1) is 12.1. The van der Waals surface area contributed by atoms with Gasteiger partial charge in [0.15, 0.2) is 11.5 Å². The minimum Gasteiger partial charge on any atom is -0.504 e. The van der Waals surface area contributed by atoms with Gasteiger partial charge in [0.05, 0.1) is 18.1 Å². The summed E-state index contributed by atoms with van der Waals surface area (Å²) in [6.07, 6.45) is 0. The van der Waals surface area contributed by atoms with Crippen molar-refractivity contribution >= 4 is 23.4 Å². The molecule has 12 heteroatoms. The third kappa shape index (κ3) is 2.86. The smallest absolute Gasteiger partial charge is 0.342 e. The second-order valence-electron chi connectivity index (χ2n) is 4.90. The molecular formula is C14H11N3O9. The van der Waals surface area contributed by atoms with E-state index in [9.17, 15) is 39.8 Å². The lowest BCUT2D eigenvalue weighted by atomic mass is 9.94. The van der Waals surface area contributed by atoms with E-state index in [-0.39, 0.29) is 0 Å². The molecular weight excluding hydrogens is 354 g/mol. The molecule has 0 atom stereocenters. The summed E-state index contributed by atoms with van der Waals surface area (Å²) in [5, 5.41) is 40.0. The normalized spacial score (nSPS) is 10.3. The minimum absolute atomic E-state index is 0.430. The molecule has 0 saturated heterocycles. The summed E-state index contributed by atoms with van der Waals surface area (Å²) < 4.78 is 4.79. The quantitative estimate of drug-likeness (QED) is 0.369. The Morgan fingerprint density at radius 2 is 1.81 bits per heavy atom. The molecule has 26 heavy (non-hydrogen) atoms. The number of nitrogen functional groups attached to an aromatic ring is 1. The number of rotatable bonds is 5. The van der Waals surface area contributed by atoms with E-state index in [1.807, 2.05) is 4.98 Å². The number of methoxy groups -OCH3 is 1. The van der Waals surface area contributed by atoms with Crippen LogP contribution in [0.3, 0.4) is 0 Å². The van der Waals surface area contributed by atoms with Crippen LogP contribution in [0.4, 0.5) is 11.5 Å². The van der Waals surface area contributed by atoms with Gasteiger partial charge in [-0.2, -0.15) is 0 Å². The third-order valence-corrected chi connectivity index (χ3v) is 3.43. The third-order valence-electron chi connectivity index (χ3n) is 3.43. The Morgan fingerprint density at radius 3 is 2.27 bits per heavy atom. The predicted octanol–water partition coefficient (Wildman–Crippen LogP) is 0.643. The predicted molar refractivity (Wildman–Crippen MR) is 85.7 cm³/mol. The van der Waals surface area contributed by atoms with Crippen LogP contribution < -0.4 is 16.0 Å². The number of phenols is 1. The molecule has 1 aromatic heterocycles. The summed E-state index contributed by atoms with van der Waals surface area (Å²) in [6, 6.07) is 1.56. The van der Waals surface area contributed by atoms with Crippen LogP contribution in [0, 0.1) is 10.1 Å². The number of nitrogens with zero attached hydrogens (tertiary/aromatic N) is 1. The summed E-state index contributed by atoms with van der Waals surface area (Å²) in [5.74, 6) is -5.46. The first kappa shape index (κ1) is 18.3. The number of pyridine rings is 1. The molecule has 2 aromatic rings. The molecule has 0 unspecified atom stereocenters. The topological polar surface area (TPSA) is 206 Å². The summed E-state index contributed by atoms with van der Waals surface area (Å²) in [6.45, 7) is 0. The van der Waals surface area contributed by atoms with E-state index in [0.29, 0.717) is 6.07 Å². The second-order valence-corrected chi connectivity index (χ2v) is 4.90. The Bertz CT molecular complexity index is 1010. The molecule has 2 rings (SSSR count). The van der Waals surface area contributed by atoms with Crippen molar-refractivity contribution in [2.24, 2.45) is 0 Å². The number of aromatic nitrogens is 1. The number of H-pyrrole nitrogens is 1. The van der Waals surface area contributed by atoms with Gasteiger partial charge in [0.2, 0.25) is 0 Å². The van der Waals surface area contributed by atoms with Crippen molar-refractivity contribution in [1.82, 2.24) is 4.98 Å². The van der Waals surface area contributed by atoms with Crippen LogP contribution in [0.5, 0.6) is 11.5 Å². The number of hydrogen-bond acceptors (Lipinski definition) is 8. The van der Waals surface area contributed by atoms with Gasteiger partial charge < -0.3 is 30.8 Å². The van der Waals surface area contributed by atoms with Crippen molar-refractivity contribution in [3.8, 4) is 22.6 Å². The number of carboxylic acid groups (broad SMARTS) is 2. The van der Waals surface area contributed by atoms with Crippen LogP contribution in [0.2, 0.25) is 0 Å². The highest BCUT2D eigenvalue weighted by Crippen LogP contribution is 2.43. The number of carbonyl (C=O) groups is 2. The van der Waals surface area contributed by atoms with Crippen LogP contribution in [-0.2, 0) is 0 Å². The molecule has 0 bridgehead atoms. The van der Waals surface area contributed by atoms with Gasteiger partial charge in [0, 0.05) is 17.2 Å². The molecule has 1 heterocycles. The van der Waals surface area contributed by atoms with Crippen molar-refractivity contribution in [2.45, 2.75) is 0 Å². The summed E-state index contributed by atoms with van der Waals surface area (Å²) in [4.78, 5) is 47.1. The number of aromatic carboxylic acids is 2. The first-order valence-corrected chi connectivity index (χ1v) is 6.68. The number of phenolic OH excluding ortho intramolecular Hbond substituents is 1. The van der Waals surface area contributed by atoms with Crippen molar-refractivity contribution in [3.05, 3.63) is 43.7 Å². The van der Waals surface area contributed by atoms with Gasteiger partial charge >= 0.3 is 11.9 Å². The van der Waals surface area contributed by atoms with E-state index in [1.54, 1.807) is 0 Å². The molecule has 0 aliphatic rings. The average molecular weight is 365 g/mol. The van der Waals surface area contributed by atoms with Crippen molar-refractivity contribution in [3.63, 3.8) is 0 Å². The number of hydrogen-bond donors (Lipinski definition) is 5. The van der Waals surface area contributed by atoms with Gasteiger partial charge in [0.1, 0.15) is 16.9 Å². The molecule has 12 nitrogen and oxygen atoms in total. The van der Waals surface area contributed by atoms with Crippen LogP contribution >= 0.6 is 0 Å². The summed E-state index contributed by atoms with van der Waals surface area (Å²) >= 11 is 0. The zero-order chi connectivity index (χ0) is 19.8. The second kappa shape index (κ2) is 6.43. The van der Waals surface area contributed by atoms with Gasteiger partial charge in [-0.15, -0.1) is 0 Å². The van der Waals surface area contributed by atoms with Crippen LogP contribution in [0.25, 0.3) is 11.1 Å². The Labute approximate surface area is 143 Å². The first-order valence-electron chi connectivity index (χ1n) is 6.68. The molecule has 6 N–H and O–H groups in total. The number of nitrogens with one attached hydrogen (secondary N) is 1. The average Bonchev–Trinajstić information content (AvgIpc) is 2.53. The van der Waals surface area contributed by atoms with E-state index >= 15 is 0 Å². The van der Waals surface area contributed by atoms with Gasteiger partial charge in [-0.25, -0.2) is 9.59 Å². The number of anilines is 1. The van der Waals surface area contributed by atoms with E-state index in [1.165, 1.54) is 0 Å². The number of aromatic hydroxyl groups is 1. The molecule has 0 radical (unpaired) electrons.